The molecule has 0 saturated carbocycles. The smallest absolute Gasteiger partial charge is 0.167 e. The highest BCUT2D eigenvalue weighted by atomic mass is 16.1. The van der Waals surface area contributed by atoms with E-state index in [-0.39, 0.29) is 5.78 Å². The van der Waals surface area contributed by atoms with Crippen molar-refractivity contribution in [2.24, 2.45) is 0 Å². The summed E-state index contributed by atoms with van der Waals surface area (Å²) >= 11 is 0. The molecule has 0 radical (unpaired) electrons. The summed E-state index contributed by atoms with van der Waals surface area (Å²) in [6.45, 7) is 3.67. The second-order valence-corrected chi connectivity index (χ2v) is 3.99. The molecule has 0 aromatic heterocycles. The van der Waals surface area contributed by atoms with Gasteiger partial charge in [-0.25, -0.2) is 0 Å². The first-order valence-corrected chi connectivity index (χ1v) is 5.50. The monoisotopic (exact) mass is 208 g/mol. The molecule has 82 valence electrons. The van der Waals surface area contributed by atoms with Crippen molar-refractivity contribution in [3.05, 3.63) is 11.3 Å². The molecule has 0 spiro atoms. The van der Waals surface area contributed by atoms with Crippen molar-refractivity contribution < 1.29 is 9.59 Å². The largest absolute Gasteiger partial charge is 0.372 e. The number of carbonyl (C=O) groups excluding carboxylic acids is 2. The number of carbonyl (C=O) groups is 2. The van der Waals surface area contributed by atoms with Gasteiger partial charge in [0.05, 0.1) is 5.57 Å². The van der Waals surface area contributed by atoms with Crippen LogP contribution in [0, 0.1) is 0 Å². The molecule has 4 nitrogen and oxygen atoms in total. The summed E-state index contributed by atoms with van der Waals surface area (Å²) in [7, 11) is 0. The van der Waals surface area contributed by atoms with Gasteiger partial charge in [-0.05, 0) is 12.8 Å². The Morgan fingerprint density at radius 1 is 1.20 bits per heavy atom. The quantitative estimate of drug-likeness (QED) is 0.516. The minimum Gasteiger partial charge on any atom is -0.372 e. The van der Waals surface area contributed by atoms with Gasteiger partial charge in [0.2, 0.25) is 0 Å². The number of ketones is 1. The Labute approximate surface area is 89.3 Å². The number of nitrogens with zero attached hydrogens (tertiary/aromatic N) is 1. The lowest BCUT2D eigenvalue weighted by atomic mass is 9.94. The molecule has 1 saturated heterocycles. The summed E-state index contributed by atoms with van der Waals surface area (Å²) in [5, 5.41) is 3.26. The van der Waals surface area contributed by atoms with Crippen molar-refractivity contribution in [1.82, 2.24) is 10.2 Å². The van der Waals surface area contributed by atoms with Crippen LogP contribution in [-0.2, 0) is 9.59 Å². The summed E-state index contributed by atoms with van der Waals surface area (Å²) in [5.41, 5.74) is 1.39. The van der Waals surface area contributed by atoms with Crippen LogP contribution in [0.3, 0.4) is 0 Å². The lowest BCUT2D eigenvalue weighted by Gasteiger charge is -2.34. The Hall–Kier alpha value is -1.16. The zero-order chi connectivity index (χ0) is 10.7. The van der Waals surface area contributed by atoms with Gasteiger partial charge in [0, 0.05) is 38.3 Å². The predicted molar refractivity (Wildman–Crippen MR) is 56.4 cm³/mol. The Kier molecular flexibility index (Phi) is 3.16. The summed E-state index contributed by atoms with van der Waals surface area (Å²) in [5.74, 6) is 0.0183. The minimum atomic E-state index is 0.0183. The van der Waals surface area contributed by atoms with Crippen LogP contribution in [0.4, 0.5) is 0 Å². The number of piperazine rings is 1. The number of nitrogens with one attached hydrogen (secondary N) is 1. The Balaban J connectivity index is 2.22. The molecule has 1 heterocycles. The first-order chi connectivity index (χ1) is 7.33. The highest BCUT2D eigenvalue weighted by Crippen LogP contribution is 2.24. The van der Waals surface area contributed by atoms with Gasteiger partial charge in [0.15, 0.2) is 12.1 Å². The van der Waals surface area contributed by atoms with E-state index in [0.717, 1.165) is 51.0 Å². The first kappa shape index (κ1) is 10.4. The van der Waals surface area contributed by atoms with Crippen LogP contribution >= 0.6 is 0 Å². The lowest BCUT2D eigenvalue weighted by molar-refractivity contribution is -0.118. The molecule has 0 bridgehead atoms. The summed E-state index contributed by atoms with van der Waals surface area (Å²) < 4.78 is 0. The molecular weight excluding hydrogens is 192 g/mol. The van der Waals surface area contributed by atoms with Crippen LogP contribution in [0.25, 0.3) is 0 Å². The first-order valence-electron chi connectivity index (χ1n) is 5.50. The van der Waals surface area contributed by atoms with Crippen LogP contribution < -0.4 is 5.32 Å². The number of allylic oxidation sites excluding steroid dienone is 2. The van der Waals surface area contributed by atoms with Crippen molar-refractivity contribution in [2.75, 3.05) is 26.2 Å². The van der Waals surface area contributed by atoms with Gasteiger partial charge in [-0.15, -0.1) is 0 Å². The molecule has 2 aliphatic rings. The van der Waals surface area contributed by atoms with Crippen LogP contribution in [0.15, 0.2) is 11.3 Å². The van der Waals surface area contributed by atoms with Gasteiger partial charge < -0.3 is 10.2 Å². The van der Waals surface area contributed by atoms with E-state index in [1.165, 1.54) is 0 Å². The summed E-state index contributed by atoms with van der Waals surface area (Å²) in [6.07, 6.45) is 3.03. The topological polar surface area (TPSA) is 49.4 Å². The fraction of sp³-hybridized carbons (Fsp3) is 0.636. The standard InChI is InChI=1S/C11H16N2O2/c14-8-9-10(2-1-3-11(9)15)13-6-4-12-5-7-13/h8,12H,1-7H2. The average molecular weight is 208 g/mol. The van der Waals surface area contributed by atoms with Gasteiger partial charge in [-0.2, -0.15) is 0 Å². The van der Waals surface area contributed by atoms with E-state index in [2.05, 4.69) is 10.2 Å². The van der Waals surface area contributed by atoms with Crippen LogP contribution in [0.2, 0.25) is 0 Å². The van der Waals surface area contributed by atoms with Crippen molar-refractivity contribution in [3.8, 4) is 0 Å². The molecule has 2 rings (SSSR count). The number of hydrogen-bond acceptors (Lipinski definition) is 4. The van der Waals surface area contributed by atoms with Gasteiger partial charge >= 0.3 is 0 Å². The third-order valence-corrected chi connectivity index (χ3v) is 3.05. The third-order valence-electron chi connectivity index (χ3n) is 3.05. The second kappa shape index (κ2) is 4.57. The number of rotatable bonds is 2. The predicted octanol–water partition coefficient (Wildman–Crippen LogP) is 0.0976. The molecular formula is C11H16N2O2. The molecule has 1 aliphatic carbocycles. The summed E-state index contributed by atoms with van der Waals surface area (Å²) in [4.78, 5) is 24.6. The molecule has 0 aromatic carbocycles. The van der Waals surface area contributed by atoms with Crippen molar-refractivity contribution in [3.63, 3.8) is 0 Å². The highest BCUT2D eigenvalue weighted by molar-refractivity contribution is 6.12. The van der Waals surface area contributed by atoms with E-state index >= 15 is 0 Å². The maximum Gasteiger partial charge on any atom is 0.167 e. The van der Waals surface area contributed by atoms with Crippen LogP contribution in [-0.4, -0.2) is 43.1 Å². The molecule has 1 fully saturated rings. The van der Waals surface area contributed by atoms with Gasteiger partial charge in [0.1, 0.15) is 0 Å². The SMILES string of the molecule is O=CC1=C(N2CCNCC2)CCCC1=O. The van der Waals surface area contributed by atoms with Gasteiger partial charge in [-0.3, -0.25) is 9.59 Å². The van der Waals surface area contributed by atoms with E-state index in [4.69, 9.17) is 0 Å². The minimum absolute atomic E-state index is 0.0183. The molecule has 0 amide bonds. The van der Waals surface area contributed by atoms with Crippen molar-refractivity contribution >= 4 is 12.1 Å². The average Bonchev–Trinajstić information content (AvgIpc) is 2.30. The Morgan fingerprint density at radius 2 is 1.93 bits per heavy atom. The molecule has 0 unspecified atom stereocenters. The second-order valence-electron chi connectivity index (χ2n) is 3.99. The van der Waals surface area contributed by atoms with Crippen LogP contribution in [0.1, 0.15) is 19.3 Å². The molecule has 0 aromatic rings. The van der Waals surface area contributed by atoms with E-state index < -0.39 is 0 Å². The van der Waals surface area contributed by atoms with E-state index in [9.17, 15) is 9.59 Å². The fourth-order valence-corrected chi connectivity index (χ4v) is 2.24. The third kappa shape index (κ3) is 2.09. The highest BCUT2D eigenvalue weighted by Gasteiger charge is 2.24. The van der Waals surface area contributed by atoms with E-state index in [0.29, 0.717) is 12.0 Å². The van der Waals surface area contributed by atoms with E-state index in [1.807, 2.05) is 0 Å². The molecule has 4 heteroatoms. The van der Waals surface area contributed by atoms with Crippen LogP contribution in [0.5, 0.6) is 0 Å². The van der Waals surface area contributed by atoms with Crippen molar-refractivity contribution in [2.45, 2.75) is 19.3 Å². The maximum absolute atomic E-state index is 11.5. The van der Waals surface area contributed by atoms with Crippen molar-refractivity contribution in [1.29, 1.82) is 0 Å². The molecule has 1 aliphatic heterocycles. The normalized spacial score (nSPS) is 23.2. The van der Waals surface area contributed by atoms with E-state index in [1.54, 1.807) is 0 Å². The molecule has 1 N–H and O–H groups in total. The van der Waals surface area contributed by atoms with Gasteiger partial charge in [0.25, 0.3) is 0 Å². The van der Waals surface area contributed by atoms with Gasteiger partial charge in [-0.1, -0.05) is 0 Å². The number of aldehydes is 1. The number of hydrogen-bond donors (Lipinski definition) is 1. The zero-order valence-electron chi connectivity index (χ0n) is 8.79. The summed E-state index contributed by atoms with van der Waals surface area (Å²) in [6, 6.07) is 0. The zero-order valence-corrected chi connectivity index (χ0v) is 8.79. The fourth-order valence-electron chi connectivity index (χ4n) is 2.24. The molecule has 15 heavy (non-hydrogen) atoms. The maximum atomic E-state index is 11.5. The molecule has 0 atom stereocenters. The Morgan fingerprint density at radius 3 is 2.60 bits per heavy atom. The lowest BCUT2D eigenvalue weighted by Crippen LogP contribution is -2.44. The number of Topliss-reactive ketones (excluding diaryl/α,β-unsaturated/α-hetero) is 1. The Bertz CT molecular complexity index is 304.